The van der Waals surface area contributed by atoms with E-state index >= 15 is 0 Å². The molecule has 2 atom stereocenters. The summed E-state index contributed by atoms with van der Waals surface area (Å²) < 4.78 is 5.38. The summed E-state index contributed by atoms with van der Waals surface area (Å²) in [6.07, 6.45) is 1.47. The smallest absolute Gasteiger partial charge is 0.185 e. The number of ether oxygens (including phenoxy) is 1. The molecule has 0 amide bonds. The molecule has 0 spiro atoms. The van der Waals surface area contributed by atoms with Crippen molar-refractivity contribution in [1.29, 1.82) is 0 Å². The second-order valence-corrected chi connectivity index (χ2v) is 5.26. The van der Waals surface area contributed by atoms with Gasteiger partial charge in [0, 0.05) is 31.6 Å². The fourth-order valence-corrected chi connectivity index (χ4v) is 3.08. The molecule has 1 saturated heterocycles. The Morgan fingerprint density at radius 2 is 2.53 bits per heavy atom. The number of aromatic nitrogens is 1. The van der Waals surface area contributed by atoms with E-state index in [0.717, 1.165) is 36.9 Å². The number of nitrogens with one attached hydrogen (secondary N) is 1. The van der Waals surface area contributed by atoms with Gasteiger partial charge < -0.3 is 15.0 Å². The van der Waals surface area contributed by atoms with Crippen molar-refractivity contribution in [2.45, 2.75) is 32.4 Å². The molecule has 1 aromatic heterocycles. The Kier molecular flexibility index (Phi) is 4.36. The predicted octanol–water partition coefficient (Wildman–Crippen LogP) is 2.04. The molecule has 0 saturated carbocycles. The highest BCUT2D eigenvalue weighted by Crippen LogP contribution is 2.27. The van der Waals surface area contributed by atoms with Crippen LogP contribution in [0.4, 0.5) is 5.13 Å². The number of methoxy groups -OCH3 is 1. The summed E-state index contributed by atoms with van der Waals surface area (Å²) >= 11 is 1.73. The lowest BCUT2D eigenvalue weighted by Gasteiger charge is -2.14. The van der Waals surface area contributed by atoms with Crippen LogP contribution >= 0.6 is 11.3 Å². The number of nitrogens with zero attached hydrogens (tertiary/aromatic N) is 2. The topological polar surface area (TPSA) is 37.4 Å². The second-order valence-electron chi connectivity index (χ2n) is 4.43. The summed E-state index contributed by atoms with van der Waals surface area (Å²) in [6, 6.07) is 0.339. The summed E-state index contributed by atoms with van der Waals surface area (Å²) in [5.41, 5.74) is 1.15. The lowest BCUT2D eigenvalue weighted by atomic mass is 10.3. The van der Waals surface area contributed by atoms with Gasteiger partial charge in [-0.05, 0) is 19.9 Å². The molecule has 4 nitrogen and oxygen atoms in total. The molecule has 2 unspecified atom stereocenters. The number of anilines is 1. The molecule has 1 N–H and O–H groups in total. The molecule has 2 rings (SSSR count). The van der Waals surface area contributed by atoms with Gasteiger partial charge in [0.05, 0.1) is 11.8 Å². The zero-order chi connectivity index (χ0) is 12.3. The maximum Gasteiger partial charge on any atom is 0.185 e. The first-order chi connectivity index (χ1) is 8.24. The van der Waals surface area contributed by atoms with Crippen LogP contribution in [0.15, 0.2) is 5.38 Å². The molecular formula is C12H21N3OS. The van der Waals surface area contributed by atoms with Crippen molar-refractivity contribution in [2.24, 2.45) is 0 Å². The third-order valence-corrected chi connectivity index (χ3v) is 4.13. The maximum atomic E-state index is 5.38. The van der Waals surface area contributed by atoms with E-state index in [2.05, 4.69) is 29.4 Å². The lowest BCUT2D eigenvalue weighted by molar-refractivity contribution is 0.121. The van der Waals surface area contributed by atoms with Crippen molar-refractivity contribution >= 4 is 16.5 Å². The summed E-state index contributed by atoms with van der Waals surface area (Å²) in [7, 11) is 1.79. The SMILES string of the molecule is CCNC(C)c1csc(N2CCC(OC)C2)n1. The standard InChI is InChI=1S/C12H21N3OS/c1-4-13-9(2)11-8-17-12(14-11)15-6-5-10(7-15)16-3/h8-10,13H,4-7H2,1-3H3. The van der Waals surface area contributed by atoms with Crippen LogP contribution in [0.1, 0.15) is 32.0 Å². The van der Waals surface area contributed by atoms with Crippen LogP contribution in [-0.4, -0.2) is 37.8 Å². The quantitative estimate of drug-likeness (QED) is 0.873. The number of rotatable bonds is 5. The largest absolute Gasteiger partial charge is 0.380 e. The number of hydrogen-bond acceptors (Lipinski definition) is 5. The van der Waals surface area contributed by atoms with Crippen molar-refractivity contribution in [3.8, 4) is 0 Å². The summed E-state index contributed by atoms with van der Waals surface area (Å²) in [5.74, 6) is 0. The van der Waals surface area contributed by atoms with E-state index in [1.54, 1.807) is 18.4 Å². The molecule has 1 aliphatic rings. The Bertz CT molecular complexity index is 355. The van der Waals surface area contributed by atoms with Crippen molar-refractivity contribution in [1.82, 2.24) is 10.3 Å². The van der Waals surface area contributed by atoms with Gasteiger partial charge in [-0.15, -0.1) is 11.3 Å². The fraction of sp³-hybridized carbons (Fsp3) is 0.750. The van der Waals surface area contributed by atoms with E-state index in [9.17, 15) is 0 Å². The summed E-state index contributed by atoms with van der Waals surface area (Å²) in [6.45, 7) is 7.28. The minimum Gasteiger partial charge on any atom is -0.380 e. The van der Waals surface area contributed by atoms with Gasteiger partial charge in [-0.2, -0.15) is 0 Å². The van der Waals surface area contributed by atoms with Crippen LogP contribution in [0.5, 0.6) is 0 Å². The second kappa shape index (κ2) is 5.80. The van der Waals surface area contributed by atoms with Crippen molar-refractivity contribution < 1.29 is 4.74 Å². The molecule has 1 aromatic rings. The highest BCUT2D eigenvalue weighted by atomic mass is 32.1. The first-order valence-electron chi connectivity index (χ1n) is 6.21. The summed E-state index contributed by atoms with van der Waals surface area (Å²) in [5, 5.41) is 6.67. The average molecular weight is 255 g/mol. The van der Waals surface area contributed by atoms with Gasteiger partial charge in [-0.1, -0.05) is 6.92 Å². The van der Waals surface area contributed by atoms with Crippen LogP contribution in [-0.2, 0) is 4.74 Å². The molecule has 0 aliphatic carbocycles. The molecule has 0 radical (unpaired) electrons. The monoisotopic (exact) mass is 255 g/mol. The normalized spacial score (nSPS) is 22.1. The highest BCUT2D eigenvalue weighted by molar-refractivity contribution is 7.13. The van der Waals surface area contributed by atoms with Crippen LogP contribution < -0.4 is 10.2 Å². The van der Waals surface area contributed by atoms with Gasteiger partial charge in [-0.3, -0.25) is 0 Å². The van der Waals surface area contributed by atoms with Crippen LogP contribution in [0, 0.1) is 0 Å². The third kappa shape index (κ3) is 2.97. The maximum absolute atomic E-state index is 5.38. The first kappa shape index (κ1) is 12.8. The van der Waals surface area contributed by atoms with E-state index in [-0.39, 0.29) is 0 Å². The summed E-state index contributed by atoms with van der Waals surface area (Å²) in [4.78, 5) is 7.03. The van der Waals surface area contributed by atoms with E-state index in [4.69, 9.17) is 9.72 Å². The van der Waals surface area contributed by atoms with Gasteiger partial charge in [0.15, 0.2) is 5.13 Å². The van der Waals surface area contributed by atoms with Gasteiger partial charge in [-0.25, -0.2) is 4.98 Å². The Morgan fingerprint density at radius 3 is 3.18 bits per heavy atom. The number of thiazole rings is 1. The van der Waals surface area contributed by atoms with Crippen LogP contribution in [0.3, 0.4) is 0 Å². The van der Waals surface area contributed by atoms with Crippen LogP contribution in [0.2, 0.25) is 0 Å². The molecule has 0 aromatic carbocycles. The minimum absolute atomic E-state index is 0.339. The molecular weight excluding hydrogens is 234 g/mol. The van der Waals surface area contributed by atoms with E-state index in [0.29, 0.717) is 12.1 Å². The minimum atomic E-state index is 0.339. The first-order valence-corrected chi connectivity index (χ1v) is 7.09. The zero-order valence-electron chi connectivity index (χ0n) is 10.8. The molecule has 2 heterocycles. The Hall–Kier alpha value is -0.650. The van der Waals surface area contributed by atoms with Gasteiger partial charge in [0.2, 0.25) is 0 Å². The fourth-order valence-electron chi connectivity index (χ4n) is 2.13. The molecule has 0 bridgehead atoms. The Labute approximate surface area is 107 Å². The van der Waals surface area contributed by atoms with Gasteiger partial charge in [0.25, 0.3) is 0 Å². The molecule has 1 aliphatic heterocycles. The van der Waals surface area contributed by atoms with Crippen molar-refractivity contribution in [3.05, 3.63) is 11.1 Å². The lowest BCUT2D eigenvalue weighted by Crippen LogP contribution is -2.22. The predicted molar refractivity (Wildman–Crippen MR) is 71.8 cm³/mol. The van der Waals surface area contributed by atoms with Crippen LogP contribution in [0.25, 0.3) is 0 Å². The Morgan fingerprint density at radius 1 is 1.71 bits per heavy atom. The molecule has 5 heteroatoms. The zero-order valence-corrected chi connectivity index (χ0v) is 11.6. The average Bonchev–Trinajstić information content (AvgIpc) is 2.98. The van der Waals surface area contributed by atoms with E-state index in [1.807, 2.05) is 0 Å². The van der Waals surface area contributed by atoms with E-state index < -0.39 is 0 Å². The van der Waals surface area contributed by atoms with Crippen molar-refractivity contribution in [3.63, 3.8) is 0 Å². The van der Waals surface area contributed by atoms with Crippen molar-refractivity contribution in [2.75, 3.05) is 31.6 Å². The third-order valence-electron chi connectivity index (χ3n) is 3.21. The Balaban J connectivity index is 1.98. The number of hydrogen-bond donors (Lipinski definition) is 1. The van der Waals surface area contributed by atoms with Gasteiger partial charge in [0.1, 0.15) is 0 Å². The highest BCUT2D eigenvalue weighted by Gasteiger charge is 2.24. The molecule has 1 fully saturated rings. The van der Waals surface area contributed by atoms with Gasteiger partial charge >= 0.3 is 0 Å². The van der Waals surface area contributed by atoms with E-state index in [1.165, 1.54) is 0 Å². The molecule has 96 valence electrons. The molecule has 17 heavy (non-hydrogen) atoms.